The highest BCUT2D eigenvalue weighted by molar-refractivity contribution is 5.88. The molecule has 2 aromatic rings. The van der Waals surface area contributed by atoms with Crippen LogP contribution in [0.15, 0.2) is 42.6 Å². The van der Waals surface area contributed by atoms with Crippen LogP contribution in [0.2, 0.25) is 0 Å². The molecule has 1 heterocycles. The maximum absolute atomic E-state index is 11.3. The number of esters is 1. The molecule has 0 radical (unpaired) electrons. The molecule has 0 saturated carbocycles. The minimum absolute atomic E-state index is 0.387. The number of aromatic nitrogens is 1. The van der Waals surface area contributed by atoms with Gasteiger partial charge in [0.1, 0.15) is 5.75 Å². The largest absolute Gasteiger partial charge is 0.495 e. The summed E-state index contributed by atoms with van der Waals surface area (Å²) in [6.07, 6.45) is 1.51. The summed E-state index contributed by atoms with van der Waals surface area (Å²) in [7, 11) is 2.98. The summed E-state index contributed by atoms with van der Waals surface area (Å²) in [5.41, 5.74) is 2.16. The number of hydrogen-bond acceptors (Lipinski definition) is 5. The van der Waals surface area contributed by atoms with Crippen molar-refractivity contribution in [2.75, 3.05) is 19.5 Å². The van der Waals surface area contributed by atoms with Crippen LogP contribution in [-0.4, -0.2) is 25.2 Å². The minimum Gasteiger partial charge on any atom is -0.495 e. The van der Waals surface area contributed by atoms with E-state index in [1.54, 1.807) is 19.2 Å². The third-order valence-electron chi connectivity index (χ3n) is 2.81. The van der Waals surface area contributed by atoms with Gasteiger partial charge in [-0.25, -0.2) is 4.79 Å². The quantitative estimate of drug-likeness (QED) is 0.847. The standard InChI is InChI=1S/C15H16N2O3/c1-19-14-6-4-3-5-13(14)17-10-12-8-7-11(9-16-12)15(18)20-2/h3-9,17H,10H2,1-2H3. The maximum atomic E-state index is 11.3. The molecule has 0 unspecified atom stereocenters. The predicted octanol–water partition coefficient (Wildman–Crippen LogP) is 2.49. The van der Waals surface area contributed by atoms with E-state index in [-0.39, 0.29) is 5.97 Å². The Morgan fingerprint density at radius 3 is 2.65 bits per heavy atom. The van der Waals surface area contributed by atoms with Gasteiger partial charge in [-0.3, -0.25) is 4.98 Å². The third-order valence-corrected chi connectivity index (χ3v) is 2.81. The summed E-state index contributed by atoms with van der Waals surface area (Å²) in [5.74, 6) is 0.389. The van der Waals surface area contributed by atoms with Crippen molar-refractivity contribution >= 4 is 11.7 Å². The van der Waals surface area contributed by atoms with Gasteiger partial charge in [0, 0.05) is 6.20 Å². The van der Waals surface area contributed by atoms with E-state index in [0.717, 1.165) is 17.1 Å². The molecule has 2 rings (SSSR count). The lowest BCUT2D eigenvalue weighted by atomic mass is 10.2. The summed E-state index contributed by atoms with van der Waals surface area (Å²) in [5, 5.41) is 3.24. The Kier molecular flexibility index (Phi) is 4.55. The molecule has 5 heteroatoms. The van der Waals surface area contributed by atoms with Crippen molar-refractivity contribution in [1.82, 2.24) is 4.98 Å². The molecule has 0 aliphatic rings. The first-order chi connectivity index (χ1) is 9.74. The number of ether oxygens (including phenoxy) is 2. The van der Waals surface area contributed by atoms with E-state index < -0.39 is 0 Å². The molecule has 0 amide bonds. The zero-order valence-electron chi connectivity index (χ0n) is 11.4. The van der Waals surface area contributed by atoms with Gasteiger partial charge in [0.15, 0.2) is 0 Å². The highest BCUT2D eigenvalue weighted by atomic mass is 16.5. The molecule has 0 fully saturated rings. The molecule has 0 bridgehead atoms. The Morgan fingerprint density at radius 2 is 2.00 bits per heavy atom. The first kappa shape index (κ1) is 13.9. The van der Waals surface area contributed by atoms with Crippen LogP contribution in [0.1, 0.15) is 16.1 Å². The second-order valence-electron chi connectivity index (χ2n) is 4.08. The maximum Gasteiger partial charge on any atom is 0.339 e. The van der Waals surface area contributed by atoms with E-state index >= 15 is 0 Å². The van der Waals surface area contributed by atoms with Gasteiger partial charge in [0.05, 0.1) is 37.7 Å². The Bertz CT molecular complexity index is 582. The average molecular weight is 272 g/mol. The van der Waals surface area contributed by atoms with Crippen molar-refractivity contribution < 1.29 is 14.3 Å². The summed E-state index contributed by atoms with van der Waals surface area (Å²) in [6, 6.07) is 11.1. The highest BCUT2D eigenvalue weighted by Crippen LogP contribution is 2.23. The number of rotatable bonds is 5. The molecule has 0 saturated heterocycles. The molecule has 5 nitrogen and oxygen atoms in total. The van der Waals surface area contributed by atoms with Gasteiger partial charge in [-0.1, -0.05) is 12.1 Å². The van der Waals surface area contributed by atoms with E-state index in [2.05, 4.69) is 15.0 Å². The molecule has 1 aromatic heterocycles. The molecule has 20 heavy (non-hydrogen) atoms. The number of benzene rings is 1. The summed E-state index contributed by atoms with van der Waals surface area (Å²) >= 11 is 0. The molecule has 1 N–H and O–H groups in total. The second-order valence-corrected chi connectivity index (χ2v) is 4.08. The van der Waals surface area contributed by atoms with Crippen LogP contribution in [0.5, 0.6) is 5.75 Å². The predicted molar refractivity (Wildman–Crippen MR) is 75.9 cm³/mol. The molecular weight excluding hydrogens is 256 g/mol. The van der Waals surface area contributed by atoms with Crippen LogP contribution < -0.4 is 10.1 Å². The molecule has 104 valence electrons. The lowest BCUT2D eigenvalue weighted by Gasteiger charge is -2.10. The zero-order chi connectivity index (χ0) is 14.4. The Morgan fingerprint density at radius 1 is 1.20 bits per heavy atom. The van der Waals surface area contributed by atoms with Crippen LogP contribution in [0.4, 0.5) is 5.69 Å². The number of anilines is 1. The average Bonchev–Trinajstić information content (AvgIpc) is 2.53. The van der Waals surface area contributed by atoms with Gasteiger partial charge in [-0.05, 0) is 24.3 Å². The summed E-state index contributed by atoms with van der Waals surface area (Å²) in [4.78, 5) is 15.5. The van der Waals surface area contributed by atoms with Crippen LogP contribution in [0.3, 0.4) is 0 Å². The SMILES string of the molecule is COC(=O)c1ccc(CNc2ccccc2OC)nc1. The fourth-order valence-corrected chi connectivity index (χ4v) is 1.74. The number of methoxy groups -OCH3 is 2. The fraction of sp³-hybridized carbons (Fsp3) is 0.200. The lowest BCUT2D eigenvalue weighted by molar-refractivity contribution is 0.0600. The van der Waals surface area contributed by atoms with Crippen molar-refractivity contribution in [3.05, 3.63) is 53.9 Å². The van der Waals surface area contributed by atoms with Gasteiger partial charge in [0.25, 0.3) is 0 Å². The molecule has 1 aromatic carbocycles. The number of nitrogens with zero attached hydrogens (tertiary/aromatic N) is 1. The molecule has 0 aliphatic carbocycles. The third kappa shape index (κ3) is 3.26. The van der Waals surface area contributed by atoms with E-state index in [9.17, 15) is 4.79 Å². The van der Waals surface area contributed by atoms with Crippen molar-refractivity contribution in [2.24, 2.45) is 0 Å². The number of carbonyl (C=O) groups excluding carboxylic acids is 1. The molecule has 0 spiro atoms. The Labute approximate surface area is 117 Å². The normalized spacial score (nSPS) is 9.90. The number of hydrogen-bond donors (Lipinski definition) is 1. The topological polar surface area (TPSA) is 60.5 Å². The van der Waals surface area contributed by atoms with Crippen molar-refractivity contribution in [2.45, 2.75) is 6.54 Å². The fourth-order valence-electron chi connectivity index (χ4n) is 1.74. The molecular formula is C15H16N2O3. The van der Waals surface area contributed by atoms with Gasteiger partial charge in [-0.15, -0.1) is 0 Å². The number of carbonyl (C=O) groups is 1. The lowest BCUT2D eigenvalue weighted by Crippen LogP contribution is -2.05. The van der Waals surface area contributed by atoms with Gasteiger partial charge in [0.2, 0.25) is 0 Å². The molecule has 0 atom stereocenters. The van der Waals surface area contributed by atoms with Crippen molar-refractivity contribution in [1.29, 1.82) is 0 Å². The van der Waals surface area contributed by atoms with E-state index in [0.29, 0.717) is 12.1 Å². The molecule has 0 aliphatic heterocycles. The van der Waals surface area contributed by atoms with E-state index in [1.165, 1.54) is 13.3 Å². The monoisotopic (exact) mass is 272 g/mol. The van der Waals surface area contributed by atoms with Crippen LogP contribution in [-0.2, 0) is 11.3 Å². The van der Waals surface area contributed by atoms with E-state index in [4.69, 9.17) is 4.74 Å². The van der Waals surface area contributed by atoms with Crippen LogP contribution in [0, 0.1) is 0 Å². The van der Waals surface area contributed by atoms with Crippen molar-refractivity contribution in [3.63, 3.8) is 0 Å². The van der Waals surface area contributed by atoms with Crippen LogP contribution >= 0.6 is 0 Å². The number of para-hydroxylation sites is 2. The Hall–Kier alpha value is -2.56. The minimum atomic E-state index is -0.387. The first-order valence-corrected chi connectivity index (χ1v) is 6.14. The first-order valence-electron chi connectivity index (χ1n) is 6.14. The zero-order valence-corrected chi connectivity index (χ0v) is 11.4. The van der Waals surface area contributed by atoms with Crippen LogP contribution in [0.25, 0.3) is 0 Å². The summed E-state index contributed by atoms with van der Waals surface area (Å²) in [6.45, 7) is 0.543. The second kappa shape index (κ2) is 6.56. The number of nitrogens with one attached hydrogen (secondary N) is 1. The Balaban J connectivity index is 2.02. The number of pyridine rings is 1. The van der Waals surface area contributed by atoms with Crippen molar-refractivity contribution in [3.8, 4) is 5.75 Å². The van der Waals surface area contributed by atoms with Gasteiger partial charge < -0.3 is 14.8 Å². The smallest absolute Gasteiger partial charge is 0.339 e. The van der Waals surface area contributed by atoms with Gasteiger partial charge >= 0.3 is 5.97 Å². The summed E-state index contributed by atoms with van der Waals surface area (Å²) < 4.78 is 9.88. The van der Waals surface area contributed by atoms with E-state index in [1.807, 2.05) is 24.3 Å². The highest BCUT2D eigenvalue weighted by Gasteiger charge is 2.06. The van der Waals surface area contributed by atoms with Gasteiger partial charge in [-0.2, -0.15) is 0 Å².